The van der Waals surface area contributed by atoms with Crippen molar-refractivity contribution in [3.05, 3.63) is 83.4 Å². The minimum Gasteiger partial charge on any atom is -0.492 e. The van der Waals surface area contributed by atoms with Crippen LogP contribution < -0.4 is 10.1 Å². The van der Waals surface area contributed by atoms with Gasteiger partial charge in [-0.2, -0.15) is 0 Å². The van der Waals surface area contributed by atoms with E-state index in [1.54, 1.807) is 12.1 Å². The zero-order chi connectivity index (χ0) is 23.1. The number of hydrogen-bond donors (Lipinski definition) is 1. The molecule has 0 aliphatic heterocycles. The van der Waals surface area contributed by atoms with Gasteiger partial charge in [-0.1, -0.05) is 54.1 Å². The first-order chi connectivity index (χ1) is 15.3. The molecule has 0 bridgehead atoms. The van der Waals surface area contributed by atoms with Gasteiger partial charge in [0.05, 0.1) is 10.7 Å². The summed E-state index contributed by atoms with van der Waals surface area (Å²) >= 11 is 6.40. The summed E-state index contributed by atoms with van der Waals surface area (Å²) in [5.74, 6) is 0.484. The maximum atomic E-state index is 12.7. The van der Waals surface area contributed by atoms with Crippen LogP contribution >= 0.6 is 11.6 Å². The number of carbonyl (C=O) groups excluding carboxylic acids is 1. The maximum Gasteiger partial charge on any atom is 0.255 e. The smallest absolute Gasteiger partial charge is 0.255 e. The van der Waals surface area contributed by atoms with Crippen molar-refractivity contribution in [3.63, 3.8) is 0 Å². The van der Waals surface area contributed by atoms with Gasteiger partial charge in [0.2, 0.25) is 0 Å². The Morgan fingerprint density at radius 2 is 1.53 bits per heavy atom. The topological polar surface area (TPSA) is 41.6 Å². The van der Waals surface area contributed by atoms with Crippen molar-refractivity contribution in [1.82, 2.24) is 4.90 Å². The van der Waals surface area contributed by atoms with Gasteiger partial charge in [-0.05, 0) is 63.1 Å². The predicted octanol–water partition coefficient (Wildman–Crippen LogP) is 6.76. The SMILES string of the molecule is CC(C)N(CCOc1ccc(NC(=O)c2ccc(-c3ccccc3)cc2)c(Cl)c1)C(C)C. The van der Waals surface area contributed by atoms with Gasteiger partial charge in [-0.15, -0.1) is 0 Å². The monoisotopic (exact) mass is 450 g/mol. The molecule has 0 unspecified atom stereocenters. The van der Waals surface area contributed by atoms with Crippen LogP contribution in [-0.4, -0.2) is 36.0 Å². The number of halogens is 1. The van der Waals surface area contributed by atoms with E-state index in [0.717, 1.165) is 17.7 Å². The summed E-state index contributed by atoms with van der Waals surface area (Å²) in [7, 11) is 0. The molecule has 4 nitrogen and oxygen atoms in total. The maximum absolute atomic E-state index is 12.7. The van der Waals surface area contributed by atoms with Crippen molar-refractivity contribution in [2.75, 3.05) is 18.5 Å². The molecule has 0 heterocycles. The standard InChI is InChI=1S/C27H31ClN2O2/c1-19(2)30(20(3)4)16-17-32-24-14-15-26(25(28)18-24)29-27(31)23-12-10-22(11-13-23)21-8-6-5-7-9-21/h5-15,18-20H,16-17H2,1-4H3,(H,29,31). The Bertz CT molecular complexity index is 1010. The molecular weight excluding hydrogens is 420 g/mol. The Kier molecular flexibility index (Phi) is 8.32. The first-order valence-electron chi connectivity index (χ1n) is 11.0. The van der Waals surface area contributed by atoms with Gasteiger partial charge in [0, 0.05) is 30.3 Å². The molecule has 32 heavy (non-hydrogen) atoms. The fraction of sp³-hybridized carbons (Fsp3) is 0.296. The number of anilines is 1. The largest absolute Gasteiger partial charge is 0.492 e. The average molecular weight is 451 g/mol. The molecule has 168 valence electrons. The molecule has 0 atom stereocenters. The van der Waals surface area contributed by atoms with E-state index in [-0.39, 0.29) is 5.91 Å². The van der Waals surface area contributed by atoms with Crippen molar-refractivity contribution in [2.45, 2.75) is 39.8 Å². The fourth-order valence-electron chi connectivity index (χ4n) is 3.71. The fourth-order valence-corrected chi connectivity index (χ4v) is 3.93. The van der Waals surface area contributed by atoms with E-state index in [4.69, 9.17) is 16.3 Å². The van der Waals surface area contributed by atoms with Gasteiger partial charge in [0.25, 0.3) is 5.91 Å². The highest BCUT2D eigenvalue weighted by molar-refractivity contribution is 6.34. The molecule has 0 aliphatic carbocycles. The highest BCUT2D eigenvalue weighted by Crippen LogP contribution is 2.28. The number of ether oxygens (including phenoxy) is 1. The first kappa shape index (κ1) is 23.8. The molecule has 0 aromatic heterocycles. The van der Waals surface area contributed by atoms with Crippen LogP contribution in [0.2, 0.25) is 5.02 Å². The van der Waals surface area contributed by atoms with Crippen LogP contribution in [0.4, 0.5) is 5.69 Å². The van der Waals surface area contributed by atoms with E-state index < -0.39 is 0 Å². The molecule has 0 spiro atoms. The summed E-state index contributed by atoms with van der Waals surface area (Å²) in [5.41, 5.74) is 3.31. The lowest BCUT2D eigenvalue weighted by Crippen LogP contribution is -2.39. The van der Waals surface area contributed by atoms with Crippen molar-refractivity contribution < 1.29 is 9.53 Å². The number of rotatable bonds is 9. The predicted molar refractivity (Wildman–Crippen MR) is 134 cm³/mol. The molecule has 0 saturated heterocycles. The lowest BCUT2D eigenvalue weighted by molar-refractivity contribution is 0.102. The van der Waals surface area contributed by atoms with Gasteiger partial charge in [-0.25, -0.2) is 0 Å². The van der Waals surface area contributed by atoms with Gasteiger partial charge in [0.1, 0.15) is 12.4 Å². The summed E-state index contributed by atoms with van der Waals surface area (Å²) < 4.78 is 5.88. The van der Waals surface area contributed by atoms with Crippen LogP contribution in [0.1, 0.15) is 38.1 Å². The molecule has 0 saturated carbocycles. The lowest BCUT2D eigenvalue weighted by Gasteiger charge is -2.30. The molecule has 0 radical (unpaired) electrons. The Morgan fingerprint density at radius 3 is 2.12 bits per heavy atom. The molecule has 1 N–H and O–H groups in total. The normalized spacial score (nSPS) is 11.2. The van der Waals surface area contributed by atoms with E-state index in [0.29, 0.717) is 40.7 Å². The summed E-state index contributed by atoms with van der Waals surface area (Å²) in [6.07, 6.45) is 0. The van der Waals surface area contributed by atoms with Crippen molar-refractivity contribution in [2.24, 2.45) is 0 Å². The van der Waals surface area contributed by atoms with Gasteiger partial charge in [-0.3, -0.25) is 9.69 Å². The van der Waals surface area contributed by atoms with E-state index in [1.807, 2.05) is 60.7 Å². The number of amides is 1. The molecule has 3 rings (SSSR count). The lowest BCUT2D eigenvalue weighted by atomic mass is 10.0. The van der Waals surface area contributed by atoms with Crippen LogP contribution in [0, 0.1) is 0 Å². The third-order valence-corrected chi connectivity index (χ3v) is 5.70. The first-order valence-corrected chi connectivity index (χ1v) is 11.4. The Labute approximate surface area is 196 Å². The molecule has 1 amide bonds. The van der Waals surface area contributed by atoms with E-state index >= 15 is 0 Å². The zero-order valence-electron chi connectivity index (χ0n) is 19.1. The zero-order valence-corrected chi connectivity index (χ0v) is 19.9. The Hall–Kier alpha value is -2.82. The van der Waals surface area contributed by atoms with Crippen LogP contribution in [-0.2, 0) is 0 Å². The molecule has 3 aromatic rings. The number of hydrogen-bond acceptors (Lipinski definition) is 3. The third kappa shape index (κ3) is 6.35. The summed E-state index contributed by atoms with van der Waals surface area (Å²) in [4.78, 5) is 15.0. The molecule has 3 aromatic carbocycles. The van der Waals surface area contributed by atoms with Crippen molar-refractivity contribution in [3.8, 4) is 16.9 Å². The summed E-state index contributed by atoms with van der Waals surface area (Å²) in [5, 5.41) is 3.33. The van der Waals surface area contributed by atoms with Crippen molar-refractivity contribution >= 4 is 23.2 Å². The van der Waals surface area contributed by atoms with Gasteiger partial charge < -0.3 is 10.1 Å². The van der Waals surface area contributed by atoms with Crippen LogP contribution in [0.25, 0.3) is 11.1 Å². The molecule has 0 aliphatic rings. The van der Waals surface area contributed by atoms with Crippen LogP contribution in [0.3, 0.4) is 0 Å². The molecule has 0 fully saturated rings. The van der Waals surface area contributed by atoms with Crippen LogP contribution in [0.5, 0.6) is 5.75 Å². The molecule has 5 heteroatoms. The second-order valence-corrected chi connectivity index (χ2v) is 8.72. The second-order valence-electron chi connectivity index (χ2n) is 8.31. The van der Waals surface area contributed by atoms with Crippen LogP contribution in [0.15, 0.2) is 72.8 Å². The third-order valence-electron chi connectivity index (χ3n) is 5.39. The van der Waals surface area contributed by atoms with E-state index in [1.165, 1.54) is 0 Å². The van der Waals surface area contributed by atoms with E-state index in [2.05, 4.69) is 37.9 Å². The summed E-state index contributed by atoms with van der Waals surface area (Å²) in [6.45, 7) is 10.1. The average Bonchev–Trinajstić information content (AvgIpc) is 2.78. The number of benzene rings is 3. The summed E-state index contributed by atoms with van der Waals surface area (Å²) in [6, 6.07) is 23.9. The van der Waals surface area contributed by atoms with Crippen molar-refractivity contribution in [1.29, 1.82) is 0 Å². The minimum atomic E-state index is -0.204. The second kappa shape index (κ2) is 11.2. The Balaban J connectivity index is 1.59. The quantitative estimate of drug-likeness (QED) is 0.391. The van der Waals surface area contributed by atoms with Gasteiger partial charge in [0.15, 0.2) is 0 Å². The highest BCUT2D eigenvalue weighted by Gasteiger charge is 2.14. The van der Waals surface area contributed by atoms with E-state index in [9.17, 15) is 4.79 Å². The number of carbonyl (C=O) groups is 1. The highest BCUT2D eigenvalue weighted by atomic mass is 35.5. The molecular formula is C27H31ClN2O2. The minimum absolute atomic E-state index is 0.204. The van der Waals surface area contributed by atoms with Gasteiger partial charge >= 0.3 is 0 Å². The Morgan fingerprint density at radius 1 is 0.906 bits per heavy atom. The number of nitrogens with zero attached hydrogens (tertiary/aromatic N) is 1. The number of nitrogens with one attached hydrogen (secondary N) is 1.